The topological polar surface area (TPSA) is 15.3 Å². The average molecular weight is 491 g/mol. The van der Waals surface area contributed by atoms with E-state index in [1.165, 1.54) is 49.2 Å². The van der Waals surface area contributed by atoms with Crippen molar-refractivity contribution < 1.29 is 13.2 Å². The van der Waals surface area contributed by atoms with Crippen molar-refractivity contribution in [2.75, 3.05) is 26.2 Å². The van der Waals surface area contributed by atoms with Gasteiger partial charge in [-0.15, -0.1) is 0 Å². The van der Waals surface area contributed by atoms with Crippen LogP contribution in [0.2, 0.25) is 0 Å². The molecular weight excluding hydrogens is 457 g/mol. The van der Waals surface area contributed by atoms with Crippen LogP contribution in [-0.4, -0.2) is 37.1 Å². The molecule has 188 valence electrons. The maximum Gasteiger partial charge on any atom is 0.416 e. The number of rotatable bonds is 10. The van der Waals surface area contributed by atoms with Gasteiger partial charge >= 0.3 is 6.18 Å². The maximum absolute atomic E-state index is 13.1. The zero-order valence-corrected chi connectivity index (χ0v) is 20.6. The molecule has 2 atom stereocenters. The Morgan fingerprint density at radius 3 is 2.53 bits per heavy atom. The van der Waals surface area contributed by atoms with Gasteiger partial charge in [-0.05, 0) is 92.1 Å². The molecule has 0 bridgehead atoms. The first-order chi connectivity index (χ1) is 17.5. The number of aryl methyl sites for hydroxylation is 1. The van der Waals surface area contributed by atoms with Gasteiger partial charge in [0.2, 0.25) is 0 Å². The minimum absolute atomic E-state index is 0.472. The molecule has 1 heterocycles. The summed E-state index contributed by atoms with van der Waals surface area (Å²) in [5.74, 6) is 0.472. The van der Waals surface area contributed by atoms with E-state index in [-0.39, 0.29) is 0 Å². The lowest BCUT2D eigenvalue weighted by Gasteiger charge is -2.15. The van der Waals surface area contributed by atoms with Crippen molar-refractivity contribution in [3.8, 4) is 11.1 Å². The van der Waals surface area contributed by atoms with Gasteiger partial charge in [0, 0.05) is 30.6 Å². The van der Waals surface area contributed by atoms with Crippen molar-refractivity contribution in [2.45, 2.75) is 56.7 Å². The number of allylic oxidation sites excluding steroid dienone is 4. The highest BCUT2D eigenvalue weighted by atomic mass is 19.4. The Labute approximate surface area is 211 Å². The number of benzene rings is 2. The summed E-state index contributed by atoms with van der Waals surface area (Å²) >= 11 is 0. The first-order valence-corrected chi connectivity index (χ1v) is 13.1. The average Bonchev–Trinajstić information content (AvgIpc) is 3.46. The number of hydrogen-bond donors (Lipinski definition) is 1. The van der Waals surface area contributed by atoms with Crippen LogP contribution in [-0.2, 0) is 12.6 Å². The summed E-state index contributed by atoms with van der Waals surface area (Å²) in [6, 6.07) is 12.7. The SMILES string of the molecule is FC(F)(F)c1ccc(-c2cc(C3CC3NCCN3CCCC3)ccc2CCCC2=C=C=CC=C2)cc1. The van der Waals surface area contributed by atoms with Gasteiger partial charge in [-0.1, -0.05) is 53.9 Å². The quantitative estimate of drug-likeness (QED) is 0.359. The molecule has 1 aliphatic heterocycles. The summed E-state index contributed by atoms with van der Waals surface area (Å²) in [4.78, 5) is 2.52. The number of nitrogens with zero attached hydrogens (tertiary/aromatic N) is 1. The molecule has 1 saturated carbocycles. The van der Waals surface area contributed by atoms with Gasteiger partial charge in [0.1, 0.15) is 0 Å². The van der Waals surface area contributed by atoms with Crippen LogP contribution in [0.4, 0.5) is 13.2 Å². The van der Waals surface area contributed by atoms with Crippen LogP contribution in [0.15, 0.2) is 77.7 Å². The Hall–Kier alpha value is -2.81. The zero-order valence-electron chi connectivity index (χ0n) is 20.6. The fourth-order valence-corrected chi connectivity index (χ4v) is 5.36. The van der Waals surface area contributed by atoms with Crippen LogP contribution in [0.25, 0.3) is 11.1 Å². The zero-order chi connectivity index (χ0) is 25.0. The molecule has 1 N–H and O–H groups in total. The highest BCUT2D eigenvalue weighted by Crippen LogP contribution is 2.43. The molecule has 0 aromatic heterocycles. The summed E-state index contributed by atoms with van der Waals surface area (Å²) in [6.07, 6.45) is 8.00. The van der Waals surface area contributed by atoms with Gasteiger partial charge in [0.05, 0.1) is 5.56 Å². The second kappa shape index (κ2) is 11.1. The molecule has 5 heteroatoms. The third-order valence-corrected chi connectivity index (χ3v) is 7.51. The fraction of sp³-hybridized carbons (Fsp3) is 0.419. The second-order valence-electron chi connectivity index (χ2n) is 10.1. The third-order valence-electron chi connectivity index (χ3n) is 7.51. The van der Waals surface area contributed by atoms with Gasteiger partial charge in [-0.3, -0.25) is 0 Å². The molecule has 3 aliphatic rings. The standard InChI is InChI=1S/C31H33F3N2/c32-31(33,34)27-15-13-25(14-16-27)28-21-26(29-22-30(29)35-17-20-36-18-4-5-19-36)12-11-24(28)10-6-9-23-7-2-1-3-8-23/h1-2,7,11-16,21,29-30,35H,4-6,9-10,17-20,22H2. The summed E-state index contributed by atoms with van der Waals surface area (Å²) in [5.41, 5.74) is 11.0. The van der Waals surface area contributed by atoms with Gasteiger partial charge in [-0.2, -0.15) is 13.2 Å². The number of likely N-dealkylation sites (tertiary alicyclic amines) is 1. The van der Waals surface area contributed by atoms with Crippen molar-refractivity contribution in [1.29, 1.82) is 0 Å². The Bertz CT molecular complexity index is 1190. The number of halogens is 3. The van der Waals surface area contributed by atoms with Crippen LogP contribution in [0.5, 0.6) is 0 Å². The predicted octanol–water partition coefficient (Wildman–Crippen LogP) is 7.04. The van der Waals surface area contributed by atoms with E-state index in [2.05, 4.69) is 46.0 Å². The van der Waals surface area contributed by atoms with Crippen LogP contribution < -0.4 is 5.32 Å². The van der Waals surface area contributed by atoms with Gasteiger partial charge in [0.25, 0.3) is 0 Å². The Morgan fingerprint density at radius 1 is 1.00 bits per heavy atom. The van der Waals surface area contributed by atoms with Gasteiger partial charge in [-0.25, -0.2) is 0 Å². The molecule has 0 radical (unpaired) electrons. The second-order valence-corrected chi connectivity index (χ2v) is 10.1. The highest BCUT2D eigenvalue weighted by Gasteiger charge is 2.38. The van der Waals surface area contributed by atoms with E-state index in [4.69, 9.17) is 0 Å². The van der Waals surface area contributed by atoms with Gasteiger partial charge in [0.15, 0.2) is 0 Å². The fourth-order valence-electron chi connectivity index (χ4n) is 5.36. The van der Waals surface area contributed by atoms with E-state index in [0.29, 0.717) is 12.0 Å². The highest BCUT2D eigenvalue weighted by molar-refractivity contribution is 5.69. The molecular formula is C31H33F3N2. The Kier molecular flexibility index (Phi) is 7.65. The number of hydrogen-bond acceptors (Lipinski definition) is 2. The molecule has 2 aromatic rings. The lowest BCUT2D eigenvalue weighted by atomic mass is 9.92. The van der Waals surface area contributed by atoms with Gasteiger partial charge < -0.3 is 10.2 Å². The van der Waals surface area contributed by atoms with Crippen molar-refractivity contribution in [2.24, 2.45) is 0 Å². The van der Waals surface area contributed by atoms with E-state index in [9.17, 15) is 13.2 Å². The normalized spacial score (nSPS) is 21.2. The lowest BCUT2D eigenvalue weighted by molar-refractivity contribution is -0.137. The third kappa shape index (κ3) is 6.30. The number of nitrogens with one attached hydrogen (secondary N) is 1. The maximum atomic E-state index is 13.1. The molecule has 5 rings (SSSR count). The van der Waals surface area contributed by atoms with Crippen molar-refractivity contribution in [3.63, 3.8) is 0 Å². The van der Waals surface area contributed by atoms with E-state index in [1.54, 1.807) is 12.1 Å². The molecule has 2 aliphatic carbocycles. The molecule has 2 fully saturated rings. The molecule has 2 unspecified atom stereocenters. The summed E-state index contributed by atoms with van der Waals surface area (Å²) in [5, 5.41) is 3.71. The van der Waals surface area contributed by atoms with Crippen molar-refractivity contribution >= 4 is 0 Å². The first-order valence-electron chi connectivity index (χ1n) is 13.1. The monoisotopic (exact) mass is 490 g/mol. The largest absolute Gasteiger partial charge is 0.416 e. The predicted molar refractivity (Wildman–Crippen MR) is 139 cm³/mol. The Balaban J connectivity index is 1.29. The summed E-state index contributed by atoms with van der Waals surface area (Å²) in [6.45, 7) is 4.55. The van der Waals surface area contributed by atoms with E-state index in [1.807, 2.05) is 12.2 Å². The molecule has 2 nitrogen and oxygen atoms in total. The van der Waals surface area contributed by atoms with E-state index >= 15 is 0 Å². The van der Waals surface area contributed by atoms with Crippen LogP contribution in [0, 0.1) is 0 Å². The molecule has 36 heavy (non-hydrogen) atoms. The molecule has 1 saturated heterocycles. The first kappa shape index (κ1) is 24.9. The van der Waals surface area contributed by atoms with Crippen LogP contribution in [0.1, 0.15) is 54.7 Å². The minimum atomic E-state index is -4.33. The van der Waals surface area contributed by atoms with Crippen molar-refractivity contribution in [1.82, 2.24) is 10.2 Å². The molecule has 0 spiro atoms. The van der Waals surface area contributed by atoms with Crippen LogP contribution >= 0.6 is 0 Å². The summed E-state index contributed by atoms with van der Waals surface area (Å²) in [7, 11) is 0. The molecule has 2 aromatic carbocycles. The van der Waals surface area contributed by atoms with Crippen molar-refractivity contribution in [3.05, 3.63) is 94.4 Å². The van der Waals surface area contributed by atoms with E-state index in [0.717, 1.165) is 55.5 Å². The van der Waals surface area contributed by atoms with E-state index < -0.39 is 11.7 Å². The van der Waals surface area contributed by atoms with Crippen LogP contribution in [0.3, 0.4) is 0 Å². The number of alkyl halides is 3. The minimum Gasteiger partial charge on any atom is -0.312 e. The Morgan fingerprint density at radius 2 is 1.81 bits per heavy atom. The lowest BCUT2D eigenvalue weighted by Crippen LogP contribution is -2.31. The smallest absolute Gasteiger partial charge is 0.312 e. The molecule has 0 amide bonds. The summed E-state index contributed by atoms with van der Waals surface area (Å²) < 4.78 is 39.4.